The van der Waals surface area contributed by atoms with Gasteiger partial charge in [-0.15, -0.1) is 0 Å². The Kier molecular flexibility index (Phi) is 4.10. The van der Waals surface area contributed by atoms with Crippen LogP contribution in [0.1, 0.15) is 25.3 Å². The van der Waals surface area contributed by atoms with E-state index in [2.05, 4.69) is 4.90 Å². The number of likely N-dealkylation sites (tertiary alicyclic amines) is 1. The first kappa shape index (κ1) is 13.9. The van der Waals surface area contributed by atoms with Crippen LogP contribution in [0.3, 0.4) is 0 Å². The maximum Gasteiger partial charge on any atom is 0.317 e. The summed E-state index contributed by atoms with van der Waals surface area (Å²) in [5.74, 6) is 0.0548. The summed E-state index contributed by atoms with van der Waals surface area (Å²) in [5.41, 5.74) is 0.326. The van der Waals surface area contributed by atoms with Gasteiger partial charge in [-0.2, -0.15) is 0 Å². The van der Waals surface area contributed by atoms with Crippen LogP contribution in [0.15, 0.2) is 24.3 Å². The first-order valence-corrected chi connectivity index (χ1v) is 6.74. The smallest absolute Gasteiger partial charge is 0.317 e. The number of hydrogen-bond donors (Lipinski definition) is 1. The number of piperidine rings is 1. The van der Waals surface area contributed by atoms with Crippen LogP contribution in [0.5, 0.6) is 5.75 Å². The highest BCUT2D eigenvalue weighted by Gasteiger charge is 2.44. The van der Waals surface area contributed by atoms with Crippen molar-refractivity contribution >= 4 is 5.97 Å². The van der Waals surface area contributed by atoms with Crippen molar-refractivity contribution in [1.82, 2.24) is 4.90 Å². The van der Waals surface area contributed by atoms with Gasteiger partial charge in [-0.25, -0.2) is 0 Å². The van der Waals surface area contributed by atoms with E-state index >= 15 is 0 Å². The van der Waals surface area contributed by atoms with E-state index in [0.29, 0.717) is 13.2 Å². The molecule has 1 N–H and O–H groups in total. The lowest BCUT2D eigenvalue weighted by Crippen LogP contribution is -2.50. The summed E-state index contributed by atoms with van der Waals surface area (Å²) in [7, 11) is 2.02. The monoisotopic (exact) mass is 263 g/mol. The molecule has 0 bridgehead atoms. The molecule has 1 unspecified atom stereocenters. The van der Waals surface area contributed by atoms with E-state index in [9.17, 15) is 9.90 Å². The minimum absolute atomic E-state index is 0.160. The molecule has 1 aliphatic rings. The predicted octanol–water partition coefficient (Wildman–Crippen LogP) is 1.92. The molecule has 4 heteroatoms. The van der Waals surface area contributed by atoms with Gasteiger partial charge >= 0.3 is 5.97 Å². The fourth-order valence-corrected chi connectivity index (χ4v) is 2.84. The lowest BCUT2D eigenvalue weighted by molar-refractivity contribution is -0.152. The second-order valence-electron chi connectivity index (χ2n) is 5.19. The van der Waals surface area contributed by atoms with Crippen molar-refractivity contribution in [1.29, 1.82) is 0 Å². The molecule has 1 aromatic rings. The molecule has 4 nitrogen and oxygen atoms in total. The third-order valence-electron chi connectivity index (χ3n) is 3.77. The number of ether oxygens (including phenoxy) is 1. The Hall–Kier alpha value is -1.55. The van der Waals surface area contributed by atoms with Crippen LogP contribution in [0.4, 0.5) is 0 Å². The molecule has 19 heavy (non-hydrogen) atoms. The summed E-state index contributed by atoms with van der Waals surface area (Å²) >= 11 is 0. The zero-order valence-corrected chi connectivity index (χ0v) is 11.6. The fourth-order valence-electron chi connectivity index (χ4n) is 2.84. The highest BCUT2D eigenvalue weighted by molar-refractivity contribution is 5.84. The Labute approximate surface area is 114 Å². The average Bonchev–Trinajstić information content (AvgIpc) is 2.39. The van der Waals surface area contributed by atoms with E-state index in [-0.39, 0.29) is 11.7 Å². The highest BCUT2D eigenvalue weighted by Crippen LogP contribution is 2.35. The lowest BCUT2D eigenvalue weighted by Gasteiger charge is -2.39. The Morgan fingerprint density at radius 3 is 2.68 bits per heavy atom. The number of nitrogens with zero attached hydrogens (tertiary/aromatic N) is 1. The topological polar surface area (TPSA) is 49.8 Å². The van der Waals surface area contributed by atoms with Crippen LogP contribution in [-0.2, 0) is 14.9 Å². The predicted molar refractivity (Wildman–Crippen MR) is 73.1 cm³/mol. The summed E-state index contributed by atoms with van der Waals surface area (Å²) in [4.78, 5) is 14.6. The molecule has 0 amide bonds. The van der Waals surface area contributed by atoms with Crippen molar-refractivity contribution in [2.45, 2.75) is 25.2 Å². The first-order chi connectivity index (χ1) is 9.08. The SMILES string of the molecule is CCOC(=O)C1(c2ccc(O)cc2)CCCN(C)C1. The van der Waals surface area contributed by atoms with Crippen LogP contribution in [-0.4, -0.2) is 42.7 Å². The van der Waals surface area contributed by atoms with Gasteiger partial charge in [0.25, 0.3) is 0 Å². The molecule has 0 aliphatic carbocycles. The zero-order valence-electron chi connectivity index (χ0n) is 11.6. The van der Waals surface area contributed by atoms with Gasteiger partial charge in [-0.3, -0.25) is 4.79 Å². The number of phenolic OH excluding ortho intramolecular Hbond substituents is 1. The number of carbonyl (C=O) groups excluding carboxylic acids is 1. The standard InChI is InChI=1S/C15H21NO3/c1-3-19-14(18)15(9-4-10-16(2)11-15)12-5-7-13(17)8-6-12/h5-8,17H,3-4,9-11H2,1-2H3. The lowest BCUT2D eigenvalue weighted by atomic mass is 9.74. The van der Waals surface area contributed by atoms with Crippen LogP contribution >= 0.6 is 0 Å². The Bertz CT molecular complexity index is 443. The first-order valence-electron chi connectivity index (χ1n) is 6.74. The second-order valence-corrected chi connectivity index (χ2v) is 5.19. The van der Waals surface area contributed by atoms with Crippen LogP contribution < -0.4 is 0 Å². The van der Waals surface area contributed by atoms with E-state index in [1.54, 1.807) is 12.1 Å². The molecular formula is C15H21NO3. The molecule has 0 saturated carbocycles. The number of aromatic hydroxyl groups is 1. The van der Waals surface area contributed by atoms with Gasteiger partial charge < -0.3 is 14.7 Å². The van der Waals surface area contributed by atoms with Gasteiger partial charge in [-0.05, 0) is 51.1 Å². The van der Waals surface area contributed by atoms with Gasteiger partial charge in [0.2, 0.25) is 0 Å². The second kappa shape index (κ2) is 5.61. The number of benzene rings is 1. The zero-order chi connectivity index (χ0) is 13.9. The molecule has 1 saturated heterocycles. The molecule has 1 atom stereocenters. The third kappa shape index (κ3) is 2.73. The van der Waals surface area contributed by atoms with Crippen LogP contribution in [0, 0.1) is 0 Å². The Balaban J connectivity index is 2.38. The number of esters is 1. The number of likely N-dealkylation sites (N-methyl/N-ethyl adjacent to an activating group) is 1. The minimum atomic E-state index is -0.600. The minimum Gasteiger partial charge on any atom is -0.508 e. The number of carbonyl (C=O) groups is 1. The molecule has 2 rings (SSSR count). The van der Waals surface area contributed by atoms with Crippen molar-refractivity contribution in [3.05, 3.63) is 29.8 Å². The molecule has 0 spiro atoms. The summed E-state index contributed by atoms with van der Waals surface area (Å²) in [5, 5.41) is 9.41. The molecule has 1 fully saturated rings. The van der Waals surface area contributed by atoms with Crippen molar-refractivity contribution in [2.24, 2.45) is 0 Å². The molecule has 0 radical (unpaired) electrons. The maximum atomic E-state index is 12.4. The summed E-state index contributed by atoms with van der Waals surface area (Å²) < 4.78 is 5.29. The number of rotatable bonds is 3. The summed E-state index contributed by atoms with van der Waals surface area (Å²) in [6.07, 6.45) is 1.76. The Morgan fingerprint density at radius 1 is 1.42 bits per heavy atom. The third-order valence-corrected chi connectivity index (χ3v) is 3.77. The number of hydrogen-bond acceptors (Lipinski definition) is 4. The van der Waals surface area contributed by atoms with Crippen molar-refractivity contribution < 1.29 is 14.6 Å². The summed E-state index contributed by atoms with van der Waals surface area (Å²) in [6.45, 7) is 3.88. The molecule has 104 valence electrons. The molecule has 0 aromatic heterocycles. The van der Waals surface area contributed by atoms with Gasteiger partial charge in [0.05, 0.1) is 6.61 Å². The van der Waals surface area contributed by atoms with Gasteiger partial charge in [0, 0.05) is 6.54 Å². The van der Waals surface area contributed by atoms with E-state index < -0.39 is 5.41 Å². The van der Waals surface area contributed by atoms with Crippen molar-refractivity contribution in [3.8, 4) is 5.75 Å². The van der Waals surface area contributed by atoms with E-state index in [1.165, 1.54) is 0 Å². The van der Waals surface area contributed by atoms with Gasteiger partial charge in [0.15, 0.2) is 0 Å². The van der Waals surface area contributed by atoms with E-state index in [1.807, 2.05) is 26.1 Å². The molecule has 1 aromatic carbocycles. The summed E-state index contributed by atoms with van der Waals surface area (Å²) in [6, 6.07) is 6.91. The van der Waals surface area contributed by atoms with E-state index in [4.69, 9.17) is 4.74 Å². The molecule has 1 heterocycles. The largest absolute Gasteiger partial charge is 0.508 e. The van der Waals surface area contributed by atoms with Crippen LogP contribution in [0.2, 0.25) is 0 Å². The number of phenols is 1. The fraction of sp³-hybridized carbons (Fsp3) is 0.533. The van der Waals surface area contributed by atoms with Gasteiger partial charge in [-0.1, -0.05) is 12.1 Å². The normalized spacial score (nSPS) is 24.1. The van der Waals surface area contributed by atoms with Crippen LogP contribution in [0.25, 0.3) is 0 Å². The highest BCUT2D eigenvalue weighted by atomic mass is 16.5. The quantitative estimate of drug-likeness (QED) is 0.846. The average molecular weight is 263 g/mol. The van der Waals surface area contributed by atoms with E-state index in [0.717, 1.165) is 24.9 Å². The maximum absolute atomic E-state index is 12.4. The Morgan fingerprint density at radius 2 is 2.11 bits per heavy atom. The molecular weight excluding hydrogens is 242 g/mol. The molecule has 1 aliphatic heterocycles. The van der Waals surface area contributed by atoms with Crippen molar-refractivity contribution in [2.75, 3.05) is 26.7 Å². The van der Waals surface area contributed by atoms with Gasteiger partial charge in [0.1, 0.15) is 11.2 Å². The van der Waals surface area contributed by atoms with Crippen molar-refractivity contribution in [3.63, 3.8) is 0 Å².